The van der Waals surface area contributed by atoms with Crippen LogP contribution >= 0.6 is 0 Å². The van der Waals surface area contributed by atoms with Crippen LogP contribution in [-0.2, 0) is 6.54 Å². The molecule has 1 N–H and O–H groups in total. The van der Waals surface area contributed by atoms with Gasteiger partial charge in [0.05, 0.1) is 24.6 Å². The van der Waals surface area contributed by atoms with Crippen molar-refractivity contribution in [2.75, 3.05) is 0 Å². The van der Waals surface area contributed by atoms with Crippen molar-refractivity contribution in [3.8, 4) is 6.07 Å². The Morgan fingerprint density at radius 1 is 1.75 bits per heavy atom. The van der Waals surface area contributed by atoms with E-state index in [1.807, 2.05) is 6.07 Å². The first-order chi connectivity index (χ1) is 5.74. The molecule has 0 amide bonds. The second-order valence-electron chi connectivity index (χ2n) is 2.60. The van der Waals surface area contributed by atoms with Gasteiger partial charge in [0.25, 0.3) is 0 Å². The maximum absolute atomic E-state index is 9.38. The average molecular weight is 166 g/mol. The summed E-state index contributed by atoms with van der Waals surface area (Å²) in [5.41, 5.74) is 0. The lowest BCUT2D eigenvalue weighted by atomic mass is 10.1. The van der Waals surface area contributed by atoms with Gasteiger partial charge in [-0.2, -0.15) is 10.4 Å². The Balaban J connectivity index is 2.48. The topological polar surface area (TPSA) is 74.7 Å². The Labute approximate surface area is 70.3 Å². The zero-order valence-corrected chi connectivity index (χ0v) is 6.75. The van der Waals surface area contributed by atoms with E-state index in [0.717, 1.165) is 0 Å². The second-order valence-corrected chi connectivity index (χ2v) is 2.60. The molecule has 0 aliphatic heterocycles. The molecule has 5 nitrogen and oxygen atoms in total. The summed E-state index contributed by atoms with van der Waals surface area (Å²) >= 11 is 0. The van der Waals surface area contributed by atoms with Gasteiger partial charge in [0.1, 0.15) is 12.7 Å². The average Bonchev–Trinajstić information content (AvgIpc) is 2.55. The van der Waals surface area contributed by atoms with Crippen LogP contribution < -0.4 is 0 Å². The zero-order valence-electron chi connectivity index (χ0n) is 6.75. The number of aliphatic hydroxyl groups is 1. The molecule has 2 atom stereocenters. The van der Waals surface area contributed by atoms with E-state index >= 15 is 0 Å². The van der Waals surface area contributed by atoms with E-state index in [2.05, 4.69) is 10.1 Å². The molecule has 12 heavy (non-hydrogen) atoms. The van der Waals surface area contributed by atoms with Crippen LogP contribution in [0.25, 0.3) is 0 Å². The molecule has 0 saturated carbocycles. The normalized spacial score (nSPS) is 15.1. The molecule has 0 aromatic carbocycles. The smallest absolute Gasteiger partial charge is 0.137 e. The molecular formula is C7H10N4O. The summed E-state index contributed by atoms with van der Waals surface area (Å²) in [5, 5.41) is 21.7. The summed E-state index contributed by atoms with van der Waals surface area (Å²) in [7, 11) is 0. The lowest BCUT2D eigenvalue weighted by Gasteiger charge is -2.10. The largest absolute Gasteiger partial charge is 0.390 e. The van der Waals surface area contributed by atoms with Crippen LogP contribution in [0.2, 0.25) is 0 Å². The summed E-state index contributed by atoms with van der Waals surface area (Å²) in [5.74, 6) is -0.380. The van der Waals surface area contributed by atoms with E-state index < -0.39 is 6.10 Å². The third-order valence-corrected chi connectivity index (χ3v) is 1.62. The highest BCUT2D eigenvalue weighted by atomic mass is 16.3. The molecule has 0 saturated heterocycles. The number of hydrogen-bond acceptors (Lipinski definition) is 4. The van der Waals surface area contributed by atoms with Crippen molar-refractivity contribution in [2.45, 2.75) is 19.6 Å². The van der Waals surface area contributed by atoms with Crippen molar-refractivity contribution >= 4 is 0 Å². The molecule has 1 aromatic rings. The molecule has 1 rings (SSSR count). The first-order valence-corrected chi connectivity index (χ1v) is 3.64. The van der Waals surface area contributed by atoms with E-state index in [-0.39, 0.29) is 5.92 Å². The summed E-state index contributed by atoms with van der Waals surface area (Å²) in [6, 6.07) is 1.97. The first-order valence-electron chi connectivity index (χ1n) is 3.64. The first kappa shape index (κ1) is 8.68. The van der Waals surface area contributed by atoms with Crippen LogP contribution in [0.15, 0.2) is 12.7 Å². The minimum Gasteiger partial charge on any atom is -0.390 e. The van der Waals surface area contributed by atoms with Crippen molar-refractivity contribution in [1.82, 2.24) is 14.8 Å². The SMILES string of the molecule is CC(C#N)C(O)Cn1cncn1. The third-order valence-electron chi connectivity index (χ3n) is 1.62. The zero-order chi connectivity index (χ0) is 8.97. The summed E-state index contributed by atoms with van der Waals surface area (Å²) < 4.78 is 1.50. The van der Waals surface area contributed by atoms with Crippen LogP contribution in [0.1, 0.15) is 6.92 Å². The quantitative estimate of drug-likeness (QED) is 0.674. The minimum atomic E-state index is -0.684. The van der Waals surface area contributed by atoms with Gasteiger partial charge in [-0.15, -0.1) is 0 Å². The number of nitrogens with zero attached hydrogens (tertiary/aromatic N) is 4. The predicted molar refractivity (Wildman–Crippen MR) is 40.8 cm³/mol. The van der Waals surface area contributed by atoms with Crippen molar-refractivity contribution in [3.63, 3.8) is 0 Å². The maximum atomic E-state index is 9.38. The van der Waals surface area contributed by atoms with Crippen LogP contribution in [0.4, 0.5) is 0 Å². The molecule has 0 fully saturated rings. The van der Waals surface area contributed by atoms with E-state index in [4.69, 9.17) is 5.26 Å². The molecule has 2 unspecified atom stereocenters. The highest BCUT2D eigenvalue weighted by molar-refractivity contribution is 4.84. The van der Waals surface area contributed by atoms with Gasteiger partial charge in [-0.3, -0.25) is 4.68 Å². The molecule has 0 spiro atoms. The number of nitriles is 1. The van der Waals surface area contributed by atoms with Crippen molar-refractivity contribution in [3.05, 3.63) is 12.7 Å². The molecule has 0 bridgehead atoms. The molecule has 5 heteroatoms. The predicted octanol–water partition coefficient (Wildman–Crippen LogP) is -0.201. The van der Waals surface area contributed by atoms with Gasteiger partial charge in [-0.1, -0.05) is 0 Å². The number of aliphatic hydroxyl groups excluding tert-OH is 1. The standard InChI is InChI=1S/C7H10N4O/c1-6(2-8)7(12)3-11-5-9-4-10-11/h4-7,12H,3H2,1H3. The van der Waals surface area contributed by atoms with Gasteiger partial charge in [-0.25, -0.2) is 4.98 Å². The van der Waals surface area contributed by atoms with Crippen molar-refractivity contribution in [2.24, 2.45) is 5.92 Å². The summed E-state index contributed by atoms with van der Waals surface area (Å²) in [6.45, 7) is 1.98. The monoisotopic (exact) mass is 166 g/mol. The molecule has 0 aliphatic rings. The molecule has 1 heterocycles. The van der Waals surface area contributed by atoms with Crippen molar-refractivity contribution in [1.29, 1.82) is 5.26 Å². The van der Waals surface area contributed by atoms with E-state index in [9.17, 15) is 5.11 Å². The Morgan fingerprint density at radius 3 is 3.00 bits per heavy atom. The molecule has 0 radical (unpaired) electrons. The van der Waals surface area contributed by atoms with Gasteiger partial charge in [0.15, 0.2) is 0 Å². The molecular weight excluding hydrogens is 156 g/mol. The van der Waals surface area contributed by atoms with Gasteiger partial charge < -0.3 is 5.11 Å². The summed E-state index contributed by atoms with van der Waals surface area (Å²) in [4.78, 5) is 3.72. The Kier molecular flexibility index (Phi) is 2.77. The molecule has 1 aromatic heterocycles. The lowest BCUT2D eigenvalue weighted by molar-refractivity contribution is 0.117. The highest BCUT2D eigenvalue weighted by Crippen LogP contribution is 2.02. The minimum absolute atomic E-state index is 0.314. The fraction of sp³-hybridized carbons (Fsp3) is 0.571. The van der Waals surface area contributed by atoms with Crippen LogP contribution in [0.5, 0.6) is 0 Å². The van der Waals surface area contributed by atoms with Crippen LogP contribution in [0, 0.1) is 17.2 Å². The van der Waals surface area contributed by atoms with Crippen molar-refractivity contribution < 1.29 is 5.11 Å². The molecule has 64 valence electrons. The number of aromatic nitrogens is 3. The Morgan fingerprint density at radius 2 is 2.50 bits per heavy atom. The van der Waals surface area contributed by atoms with E-state index in [1.165, 1.54) is 17.3 Å². The van der Waals surface area contributed by atoms with Gasteiger partial charge in [0.2, 0.25) is 0 Å². The lowest BCUT2D eigenvalue weighted by Crippen LogP contribution is -2.22. The maximum Gasteiger partial charge on any atom is 0.137 e. The van der Waals surface area contributed by atoms with Crippen LogP contribution in [0.3, 0.4) is 0 Å². The number of hydrogen-bond donors (Lipinski definition) is 1. The number of rotatable bonds is 3. The van der Waals surface area contributed by atoms with Gasteiger partial charge >= 0.3 is 0 Å². The Bertz CT molecular complexity index is 263. The summed E-state index contributed by atoms with van der Waals surface area (Å²) in [6.07, 6.45) is 2.22. The van der Waals surface area contributed by atoms with E-state index in [1.54, 1.807) is 6.92 Å². The fourth-order valence-corrected chi connectivity index (χ4v) is 0.763. The fourth-order valence-electron chi connectivity index (χ4n) is 0.763. The van der Waals surface area contributed by atoms with Gasteiger partial charge in [0, 0.05) is 0 Å². The Hall–Kier alpha value is -1.41. The van der Waals surface area contributed by atoms with Gasteiger partial charge in [-0.05, 0) is 6.92 Å². The van der Waals surface area contributed by atoms with Crippen LogP contribution in [-0.4, -0.2) is 26.0 Å². The second kappa shape index (κ2) is 3.83. The van der Waals surface area contributed by atoms with E-state index in [0.29, 0.717) is 6.54 Å². The highest BCUT2D eigenvalue weighted by Gasteiger charge is 2.13. The third kappa shape index (κ3) is 2.04. The molecule has 0 aliphatic carbocycles.